The van der Waals surface area contributed by atoms with Crippen molar-refractivity contribution in [3.8, 4) is 0 Å². The third-order valence-electron chi connectivity index (χ3n) is 4.81. The Morgan fingerprint density at radius 3 is 2.52 bits per heavy atom. The zero-order chi connectivity index (χ0) is 22.3. The minimum atomic E-state index is -3.78. The van der Waals surface area contributed by atoms with Gasteiger partial charge in [-0.05, 0) is 49.6 Å². The van der Waals surface area contributed by atoms with Gasteiger partial charge >= 0.3 is 0 Å². The van der Waals surface area contributed by atoms with E-state index in [1.165, 1.54) is 34.9 Å². The second-order valence-electron chi connectivity index (χ2n) is 7.25. The minimum Gasteiger partial charge on any atom is -0.356 e. The van der Waals surface area contributed by atoms with E-state index in [0.717, 1.165) is 18.9 Å². The topological polar surface area (TPSA) is 108 Å². The van der Waals surface area contributed by atoms with E-state index in [1.807, 2.05) is 0 Å². The van der Waals surface area contributed by atoms with E-state index in [2.05, 4.69) is 15.6 Å². The van der Waals surface area contributed by atoms with Crippen molar-refractivity contribution in [1.29, 1.82) is 0 Å². The van der Waals surface area contributed by atoms with Gasteiger partial charge in [-0.25, -0.2) is 12.8 Å². The Hall–Kier alpha value is -2.85. The normalized spacial score (nSPS) is 13.7. The lowest BCUT2D eigenvalue weighted by atomic mass is 10.2. The zero-order valence-electron chi connectivity index (χ0n) is 17.0. The SMILES string of the molecule is O=C(CCNC(=O)c1ccncc1)NCCCN(C1CC1)S(=O)(=O)c1cccc(F)c1. The van der Waals surface area contributed by atoms with Crippen LogP contribution in [0.1, 0.15) is 36.0 Å². The highest BCUT2D eigenvalue weighted by Crippen LogP contribution is 2.32. The van der Waals surface area contributed by atoms with Gasteiger partial charge in [0.1, 0.15) is 5.82 Å². The van der Waals surface area contributed by atoms with Gasteiger partial charge in [0.25, 0.3) is 5.91 Å². The van der Waals surface area contributed by atoms with Gasteiger partial charge in [0.05, 0.1) is 4.90 Å². The maximum absolute atomic E-state index is 13.5. The fourth-order valence-electron chi connectivity index (χ4n) is 3.07. The summed E-state index contributed by atoms with van der Waals surface area (Å²) in [6.07, 6.45) is 5.13. The third kappa shape index (κ3) is 6.56. The van der Waals surface area contributed by atoms with Crippen LogP contribution in [0.25, 0.3) is 0 Å². The summed E-state index contributed by atoms with van der Waals surface area (Å²) in [6.45, 7) is 0.733. The van der Waals surface area contributed by atoms with Crippen molar-refractivity contribution in [2.24, 2.45) is 0 Å². The molecule has 10 heteroatoms. The molecule has 1 aromatic heterocycles. The smallest absolute Gasteiger partial charge is 0.251 e. The van der Waals surface area contributed by atoms with E-state index in [9.17, 15) is 22.4 Å². The van der Waals surface area contributed by atoms with Gasteiger partial charge < -0.3 is 10.6 Å². The van der Waals surface area contributed by atoms with Crippen LogP contribution in [0.5, 0.6) is 0 Å². The highest BCUT2D eigenvalue weighted by molar-refractivity contribution is 7.89. The summed E-state index contributed by atoms with van der Waals surface area (Å²) in [6, 6.07) is 8.07. The zero-order valence-corrected chi connectivity index (χ0v) is 17.8. The standard InChI is InChI=1S/C21H25FN4O4S/c22-17-3-1-4-19(15-17)31(29,30)26(18-5-6-18)14-2-10-24-20(27)9-13-25-21(28)16-7-11-23-12-8-16/h1,3-4,7-8,11-12,15,18H,2,5-6,9-10,13-14H2,(H,24,27)(H,25,28). The molecule has 0 aliphatic heterocycles. The quantitative estimate of drug-likeness (QED) is 0.509. The fraction of sp³-hybridized carbons (Fsp3) is 0.381. The number of aromatic nitrogens is 1. The predicted octanol–water partition coefficient (Wildman–Crippen LogP) is 1.70. The average Bonchev–Trinajstić information content (AvgIpc) is 3.59. The molecule has 0 unspecified atom stereocenters. The van der Waals surface area contributed by atoms with Crippen molar-refractivity contribution >= 4 is 21.8 Å². The summed E-state index contributed by atoms with van der Waals surface area (Å²) in [5.74, 6) is -1.11. The maximum Gasteiger partial charge on any atom is 0.251 e. The molecule has 166 valence electrons. The van der Waals surface area contributed by atoms with Gasteiger partial charge in [-0.1, -0.05) is 6.07 Å². The second-order valence-corrected chi connectivity index (χ2v) is 9.14. The number of nitrogens with one attached hydrogen (secondary N) is 2. The lowest BCUT2D eigenvalue weighted by Gasteiger charge is -2.22. The van der Waals surface area contributed by atoms with Crippen LogP contribution in [0.15, 0.2) is 53.7 Å². The van der Waals surface area contributed by atoms with E-state index in [4.69, 9.17) is 0 Å². The molecule has 0 bridgehead atoms. The van der Waals surface area contributed by atoms with Gasteiger partial charge in [0.2, 0.25) is 15.9 Å². The Bertz CT molecular complexity index is 1010. The van der Waals surface area contributed by atoms with Crippen LogP contribution >= 0.6 is 0 Å². The molecule has 3 rings (SSSR count). The molecule has 1 fully saturated rings. The molecule has 0 saturated heterocycles. The largest absolute Gasteiger partial charge is 0.356 e. The van der Waals surface area contributed by atoms with Crippen molar-refractivity contribution in [2.45, 2.75) is 36.6 Å². The maximum atomic E-state index is 13.5. The number of pyridine rings is 1. The van der Waals surface area contributed by atoms with Crippen molar-refractivity contribution in [3.63, 3.8) is 0 Å². The highest BCUT2D eigenvalue weighted by Gasteiger charge is 2.37. The molecular formula is C21H25FN4O4S. The second kappa shape index (κ2) is 10.5. The van der Waals surface area contributed by atoms with Gasteiger partial charge in [-0.3, -0.25) is 14.6 Å². The molecule has 1 aliphatic rings. The first-order valence-corrected chi connectivity index (χ1v) is 11.5. The summed E-state index contributed by atoms with van der Waals surface area (Å²) >= 11 is 0. The van der Waals surface area contributed by atoms with Crippen LogP contribution in [0.3, 0.4) is 0 Å². The van der Waals surface area contributed by atoms with Crippen LogP contribution in [0.4, 0.5) is 4.39 Å². The summed E-state index contributed by atoms with van der Waals surface area (Å²) in [5, 5.41) is 5.39. The number of benzene rings is 1. The predicted molar refractivity (Wildman–Crippen MR) is 112 cm³/mol. The number of rotatable bonds is 11. The van der Waals surface area contributed by atoms with Crippen LogP contribution in [-0.4, -0.2) is 55.2 Å². The first kappa shape index (κ1) is 22.8. The molecule has 0 atom stereocenters. The van der Waals surface area contributed by atoms with Gasteiger partial charge in [-0.15, -0.1) is 0 Å². The van der Waals surface area contributed by atoms with Crippen molar-refractivity contribution in [3.05, 3.63) is 60.2 Å². The molecule has 8 nitrogen and oxygen atoms in total. The summed E-state index contributed by atoms with van der Waals surface area (Å²) in [5.41, 5.74) is 0.468. The molecule has 2 N–H and O–H groups in total. The molecular weight excluding hydrogens is 423 g/mol. The van der Waals surface area contributed by atoms with Gasteiger partial charge in [-0.2, -0.15) is 4.31 Å². The Kier molecular flexibility index (Phi) is 7.69. The Balaban J connectivity index is 1.40. The number of halogens is 1. The van der Waals surface area contributed by atoms with Crippen LogP contribution in [0, 0.1) is 5.82 Å². The van der Waals surface area contributed by atoms with E-state index in [0.29, 0.717) is 18.5 Å². The number of sulfonamides is 1. The number of amides is 2. The summed E-state index contributed by atoms with van der Waals surface area (Å²) in [7, 11) is -3.78. The van der Waals surface area contributed by atoms with Crippen molar-refractivity contribution < 1.29 is 22.4 Å². The Morgan fingerprint density at radius 2 is 1.84 bits per heavy atom. The monoisotopic (exact) mass is 448 g/mol. The van der Waals surface area contributed by atoms with Gasteiger partial charge in [0, 0.05) is 50.1 Å². The first-order chi connectivity index (χ1) is 14.9. The molecule has 1 heterocycles. The van der Waals surface area contributed by atoms with E-state index in [1.54, 1.807) is 12.1 Å². The molecule has 31 heavy (non-hydrogen) atoms. The first-order valence-electron chi connectivity index (χ1n) is 10.1. The fourth-order valence-corrected chi connectivity index (χ4v) is 4.83. The number of nitrogens with zero attached hydrogens (tertiary/aromatic N) is 2. The average molecular weight is 449 g/mol. The molecule has 2 amide bonds. The lowest BCUT2D eigenvalue weighted by Crippen LogP contribution is -2.36. The number of hydrogen-bond acceptors (Lipinski definition) is 5. The highest BCUT2D eigenvalue weighted by atomic mass is 32.2. The van der Waals surface area contributed by atoms with Crippen LogP contribution in [0.2, 0.25) is 0 Å². The Labute approximate surface area is 180 Å². The summed E-state index contributed by atoms with van der Waals surface area (Å²) < 4.78 is 40.5. The van der Waals surface area contributed by atoms with Crippen LogP contribution < -0.4 is 10.6 Å². The van der Waals surface area contributed by atoms with E-state index < -0.39 is 15.8 Å². The lowest BCUT2D eigenvalue weighted by molar-refractivity contribution is -0.120. The third-order valence-corrected chi connectivity index (χ3v) is 6.76. The summed E-state index contributed by atoms with van der Waals surface area (Å²) in [4.78, 5) is 27.6. The van der Waals surface area contributed by atoms with Crippen molar-refractivity contribution in [2.75, 3.05) is 19.6 Å². The number of carbonyl (C=O) groups is 2. The molecule has 0 spiro atoms. The molecule has 1 saturated carbocycles. The molecule has 0 radical (unpaired) electrons. The van der Waals surface area contributed by atoms with Gasteiger partial charge in [0.15, 0.2) is 0 Å². The van der Waals surface area contributed by atoms with E-state index in [-0.39, 0.29) is 42.3 Å². The molecule has 1 aromatic carbocycles. The minimum absolute atomic E-state index is 0.0617. The Morgan fingerprint density at radius 1 is 1.10 bits per heavy atom. The number of carbonyl (C=O) groups excluding carboxylic acids is 2. The number of hydrogen-bond donors (Lipinski definition) is 2. The molecule has 1 aliphatic carbocycles. The van der Waals surface area contributed by atoms with Crippen molar-refractivity contribution in [1.82, 2.24) is 19.9 Å². The molecule has 2 aromatic rings. The van der Waals surface area contributed by atoms with Crippen LogP contribution in [-0.2, 0) is 14.8 Å². The van der Waals surface area contributed by atoms with E-state index >= 15 is 0 Å².